The van der Waals surface area contributed by atoms with Crippen molar-refractivity contribution in [3.05, 3.63) is 29.3 Å². The van der Waals surface area contributed by atoms with E-state index in [9.17, 15) is 0 Å². The topological polar surface area (TPSA) is 44.5 Å². The van der Waals surface area contributed by atoms with Crippen LogP contribution in [0.25, 0.3) is 0 Å². The van der Waals surface area contributed by atoms with Crippen molar-refractivity contribution in [2.45, 2.75) is 25.8 Å². The molecule has 3 heteroatoms. The first-order valence-corrected chi connectivity index (χ1v) is 5.58. The van der Waals surface area contributed by atoms with Gasteiger partial charge in [0.25, 0.3) is 0 Å². The quantitative estimate of drug-likeness (QED) is 0.753. The first kappa shape index (κ1) is 13.0. The molecule has 1 unspecified atom stereocenters. The summed E-state index contributed by atoms with van der Waals surface area (Å²) in [4.78, 5) is 0. The molecule has 0 aromatic heterocycles. The van der Waals surface area contributed by atoms with Gasteiger partial charge in [0.05, 0.1) is 7.11 Å². The first-order chi connectivity index (χ1) is 7.69. The zero-order chi connectivity index (χ0) is 12.0. The fourth-order valence-electron chi connectivity index (χ4n) is 1.75. The van der Waals surface area contributed by atoms with E-state index in [1.165, 1.54) is 5.56 Å². The SMILES string of the molecule is COCCCC(N)c1cc(C)ccc1OC. The third-order valence-electron chi connectivity index (χ3n) is 2.65. The lowest BCUT2D eigenvalue weighted by atomic mass is 10.00. The summed E-state index contributed by atoms with van der Waals surface area (Å²) in [5.74, 6) is 0.871. The Labute approximate surface area is 97.6 Å². The Morgan fingerprint density at radius 2 is 2.06 bits per heavy atom. The summed E-state index contributed by atoms with van der Waals surface area (Å²) in [5, 5.41) is 0. The first-order valence-electron chi connectivity index (χ1n) is 5.58. The lowest BCUT2D eigenvalue weighted by molar-refractivity contribution is 0.190. The maximum Gasteiger partial charge on any atom is 0.123 e. The smallest absolute Gasteiger partial charge is 0.123 e. The molecule has 90 valence electrons. The van der Waals surface area contributed by atoms with Crippen LogP contribution in [0, 0.1) is 6.92 Å². The molecule has 0 radical (unpaired) electrons. The standard InChI is InChI=1S/C13H21NO2/c1-10-6-7-13(16-3)11(9-10)12(14)5-4-8-15-2/h6-7,9,12H,4-5,8,14H2,1-3H3. The molecule has 0 aliphatic rings. The van der Waals surface area contributed by atoms with Gasteiger partial charge in [-0.15, -0.1) is 0 Å². The summed E-state index contributed by atoms with van der Waals surface area (Å²) in [5.41, 5.74) is 8.43. The Morgan fingerprint density at radius 1 is 1.31 bits per heavy atom. The molecule has 0 saturated carbocycles. The lowest BCUT2D eigenvalue weighted by Gasteiger charge is -2.16. The fraction of sp³-hybridized carbons (Fsp3) is 0.538. The van der Waals surface area contributed by atoms with Gasteiger partial charge in [0.1, 0.15) is 5.75 Å². The third kappa shape index (κ3) is 3.51. The van der Waals surface area contributed by atoms with Gasteiger partial charge in [0.15, 0.2) is 0 Å². The van der Waals surface area contributed by atoms with E-state index in [1.807, 2.05) is 12.1 Å². The Hall–Kier alpha value is -1.06. The lowest BCUT2D eigenvalue weighted by Crippen LogP contribution is -2.12. The number of benzene rings is 1. The minimum Gasteiger partial charge on any atom is -0.496 e. The highest BCUT2D eigenvalue weighted by Gasteiger charge is 2.11. The Morgan fingerprint density at radius 3 is 2.69 bits per heavy atom. The summed E-state index contributed by atoms with van der Waals surface area (Å²) in [6, 6.07) is 6.12. The molecule has 1 aromatic carbocycles. The summed E-state index contributed by atoms with van der Waals surface area (Å²) in [6.45, 7) is 2.81. The maximum absolute atomic E-state index is 6.15. The van der Waals surface area contributed by atoms with Crippen LogP contribution >= 0.6 is 0 Å². The van der Waals surface area contributed by atoms with E-state index in [2.05, 4.69) is 13.0 Å². The Bertz CT molecular complexity index is 326. The number of hydrogen-bond acceptors (Lipinski definition) is 3. The van der Waals surface area contributed by atoms with E-state index in [0.29, 0.717) is 0 Å². The van der Waals surface area contributed by atoms with Gasteiger partial charge in [-0.2, -0.15) is 0 Å². The molecule has 1 atom stereocenters. The molecule has 16 heavy (non-hydrogen) atoms. The number of aryl methyl sites for hydroxylation is 1. The van der Waals surface area contributed by atoms with Gasteiger partial charge in [0, 0.05) is 25.3 Å². The molecule has 0 saturated heterocycles. The van der Waals surface area contributed by atoms with Crippen molar-refractivity contribution in [1.29, 1.82) is 0 Å². The van der Waals surface area contributed by atoms with Crippen molar-refractivity contribution in [2.24, 2.45) is 5.73 Å². The molecule has 2 N–H and O–H groups in total. The van der Waals surface area contributed by atoms with Gasteiger partial charge in [-0.25, -0.2) is 0 Å². The predicted molar refractivity (Wildman–Crippen MR) is 65.8 cm³/mol. The average Bonchev–Trinajstić information content (AvgIpc) is 2.29. The minimum atomic E-state index is 0.0185. The number of methoxy groups -OCH3 is 2. The molecule has 0 bridgehead atoms. The van der Waals surface area contributed by atoms with Crippen LogP contribution in [-0.2, 0) is 4.74 Å². The third-order valence-corrected chi connectivity index (χ3v) is 2.65. The molecule has 0 fully saturated rings. The molecule has 0 spiro atoms. The second-order valence-electron chi connectivity index (χ2n) is 3.99. The summed E-state index contributed by atoms with van der Waals surface area (Å²) in [7, 11) is 3.38. The van der Waals surface area contributed by atoms with Crippen molar-refractivity contribution >= 4 is 0 Å². The minimum absolute atomic E-state index is 0.0185. The Balaban J connectivity index is 2.72. The molecule has 1 aromatic rings. The molecular weight excluding hydrogens is 202 g/mol. The van der Waals surface area contributed by atoms with Crippen molar-refractivity contribution in [2.75, 3.05) is 20.8 Å². The highest BCUT2D eigenvalue weighted by atomic mass is 16.5. The number of nitrogens with two attached hydrogens (primary N) is 1. The monoisotopic (exact) mass is 223 g/mol. The number of hydrogen-bond donors (Lipinski definition) is 1. The van der Waals surface area contributed by atoms with Crippen LogP contribution < -0.4 is 10.5 Å². The zero-order valence-corrected chi connectivity index (χ0v) is 10.3. The van der Waals surface area contributed by atoms with E-state index in [0.717, 1.165) is 30.8 Å². The Kier molecular flexibility index (Phi) is 5.29. The summed E-state index contributed by atoms with van der Waals surface area (Å²) in [6.07, 6.45) is 1.88. The molecule has 0 aliphatic heterocycles. The second kappa shape index (κ2) is 6.51. The van der Waals surface area contributed by atoms with E-state index in [-0.39, 0.29) is 6.04 Å². The van der Waals surface area contributed by atoms with Crippen LogP contribution in [0.4, 0.5) is 0 Å². The summed E-state index contributed by atoms with van der Waals surface area (Å²) >= 11 is 0. The van der Waals surface area contributed by atoms with Crippen LogP contribution in [0.5, 0.6) is 5.75 Å². The van der Waals surface area contributed by atoms with Crippen LogP contribution in [-0.4, -0.2) is 20.8 Å². The molecule has 0 amide bonds. The van der Waals surface area contributed by atoms with Crippen molar-refractivity contribution in [1.82, 2.24) is 0 Å². The van der Waals surface area contributed by atoms with Crippen LogP contribution in [0.15, 0.2) is 18.2 Å². The highest BCUT2D eigenvalue weighted by molar-refractivity contribution is 5.38. The summed E-state index contributed by atoms with van der Waals surface area (Å²) < 4.78 is 10.3. The van der Waals surface area contributed by atoms with Crippen molar-refractivity contribution in [3.8, 4) is 5.75 Å². The normalized spacial score (nSPS) is 12.5. The van der Waals surface area contributed by atoms with Crippen molar-refractivity contribution in [3.63, 3.8) is 0 Å². The van der Waals surface area contributed by atoms with Crippen LogP contribution in [0.1, 0.15) is 30.0 Å². The van der Waals surface area contributed by atoms with Crippen LogP contribution in [0.3, 0.4) is 0 Å². The maximum atomic E-state index is 6.15. The van der Waals surface area contributed by atoms with Gasteiger partial charge in [-0.1, -0.05) is 17.7 Å². The van der Waals surface area contributed by atoms with Gasteiger partial charge >= 0.3 is 0 Å². The molecule has 0 heterocycles. The van der Waals surface area contributed by atoms with Gasteiger partial charge in [0.2, 0.25) is 0 Å². The second-order valence-corrected chi connectivity index (χ2v) is 3.99. The molecule has 0 aliphatic carbocycles. The molecular formula is C13H21NO2. The van der Waals surface area contributed by atoms with Crippen LogP contribution in [0.2, 0.25) is 0 Å². The zero-order valence-electron chi connectivity index (χ0n) is 10.3. The number of rotatable bonds is 6. The largest absolute Gasteiger partial charge is 0.496 e. The van der Waals surface area contributed by atoms with E-state index in [1.54, 1.807) is 14.2 Å². The average molecular weight is 223 g/mol. The van der Waals surface area contributed by atoms with E-state index < -0.39 is 0 Å². The van der Waals surface area contributed by atoms with E-state index >= 15 is 0 Å². The number of ether oxygens (including phenoxy) is 2. The van der Waals surface area contributed by atoms with Gasteiger partial charge in [-0.3, -0.25) is 0 Å². The fourth-order valence-corrected chi connectivity index (χ4v) is 1.75. The van der Waals surface area contributed by atoms with Gasteiger partial charge < -0.3 is 15.2 Å². The van der Waals surface area contributed by atoms with Gasteiger partial charge in [-0.05, 0) is 25.8 Å². The predicted octanol–water partition coefficient (Wildman–Crippen LogP) is 2.43. The highest BCUT2D eigenvalue weighted by Crippen LogP contribution is 2.27. The van der Waals surface area contributed by atoms with Crippen molar-refractivity contribution < 1.29 is 9.47 Å². The molecule has 1 rings (SSSR count). The van der Waals surface area contributed by atoms with E-state index in [4.69, 9.17) is 15.2 Å². The molecule has 3 nitrogen and oxygen atoms in total.